The molecule has 35 heavy (non-hydrogen) atoms. The van der Waals surface area contributed by atoms with E-state index in [0.29, 0.717) is 35.2 Å². The second-order valence-electron chi connectivity index (χ2n) is 8.49. The summed E-state index contributed by atoms with van der Waals surface area (Å²) in [7, 11) is 0. The molecule has 4 aromatic rings. The lowest BCUT2D eigenvalue weighted by Gasteiger charge is -2.10. The molecular weight excluding hydrogens is 456 g/mol. The van der Waals surface area contributed by atoms with Crippen LogP contribution in [-0.2, 0) is 19.3 Å². The maximum absolute atomic E-state index is 15.2. The molecule has 0 fully saturated rings. The fourth-order valence-corrected chi connectivity index (χ4v) is 4.05. The minimum Gasteiger partial charge on any atom is -0.432 e. The van der Waals surface area contributed by atoms with E-state index in [9.17, 15) is 13.2 Å². The number of halogens is 4. The van der Waals surface area contributed by atoms with Gasteiger partial charge >= 0.3 is 6.61 Å². The third-order valence-electron chi connectivity index (χ3n) is 5.96. The zero-order chi connectivity index (χ0) is 24.8. The molecule has 3 aromatic carbocycles. The van der Waals surface area contributed by atoms with Gasteiger partial charge in [-0.3, -0.25) is 0 Å². The number of fused-ring (bicyclic) bond motifs is 1. The molecule has 0 aliphatic carbocycles. The van der Waals surface area contributed by atoms with E-state index in [1.807, 2.05) is 24.5 Å². The Morgan fingerprint density at radius 2 is 1.63 bits per heavy atom. The standard InChI is InChI=1S/C28H26F4N2O/c1-2-3-4-5-19-16-33-27(34-17-19)22-11-12-23-21(15-22)10-9-20(26(23)30)8-6-18-7-13-25(24(29)14-18)35-28(31)32/h7,9-17,28H,2-6,8H2,1H3. The first-order chi connectivity index (χ1) is 16.9. The van der Waals surface area contributed by atoms with Crippen LogP contribution in [0.5, 0.6) is 5.75 Å². The van der Waals surface area contributed by atoms with E-state index in [2.05, 4.69) is 21.6 Å². The molecule has 0 bridgehead atoms. The average Bonchev–Trinajstić information content (AvgIpc) is 2.85. The Kier molecular flexibility index (Phi) is 7.95. The van der Waals surface area contributed by atoms with Crippen LogP contribution in [0.15, 0.2) is 60.9 Å². The summed E-state index contributed by atoms with van der Waals surface area (Å²) in [6.07, 6.45) is 8.80. The Morgan fingerprint density at radius 1 is 0.829 bits per heavy atom. The SMILES string of the molecule is CCCCCc1cnc(-c2ccc3c(F)c(CCc4ccc(OC(F)F)c(F)c4)ccc3c2)nc1. The molecule has 0 aliphatic rings. The van der Waals surface area contributed by atoms with Crippen LogP contribution in [0.2, 0.25) is 0 Å². The minimum atomic E-state index is -3.09. The number of aromatic nitrogens is 2. The van der Waals surface area contributed by atoms with Gasteiger partial charge in [0.25, 0.3) is 0 Å². The van der Waals surface area contributed by atoms with Crippen LogP contribution in [0.4, 0.5) is 17.6 Å². The van der Waals surface area contributed by atoms with Crippen molar-refractivity contribution < 1.29 is 22.3 Å². The fraction of sp³-hybridized carbons (Fsp3) is 0.286. The number of aryl methyl sites for hydroxylation is 3. The van der Waals surface area contributed by atoms with Crippen molar-refractivity contribution in [1.29, 1.82) is 0 Å². The molecule has 7 heteroatoms. The number of ether oxygens (including phenoxy) is 1. The Balaban J connectivity index is 1.47. The second-order valence-corrected chi connectivity index (χ2v) is 8.49. The lowest BCUT2D eigenvalue weighted by Crippen LogP contribution is -2.04. The quantitative estimate of drug-likeness (QED) is 0.172. The van der Waals surface area contributed by atoms with Crippen LogP contribution in [0.3, 0.4) is 0 Å². The lowest BCUT2D eigenvalue weighted by atomic mass is 9.99. The number of rotatable bonds is 10. The molecule has 0 atom stereocenters. The van der Waals surface area contributed by atoms with Crippen molar-refractivity contribution in [3.05, 3.63) is 89.2 Å². The van der Waals surface area contributed by atoms with Crippen molar-refractivity contribution in [1.82, 2.24) is 9.97 Å². The number of nitrogens with zero attached hydrogens (tertiary/aromatic N) is 2. The van der Waals surface area contributed by atoms with Gasteiger partial charge in [-0.05, 0) is 66.0 Å². The van der Waals surface area contributed by atoms with Gasteiger partial charge in [-0.2, -0.15) is 8.78 Å². The molecule has 182 valence electrons. The van der Waals surface area contributed by atoms with Gasteiger partial charge in [-0.25, -0.2) is 18.7 Å². The predicted molar refractivity (Wildman–Crippen MR) is 129 cm³/mol. The third kappa shape index (κ3) is 6.15. The predicted octanol–water partition coefficient (Wildman–Crippen LogP) is 7.69. The average molecular weight is 483 g/mol. The number of unbranched alkanes of at least 4 members (excludes halogenated alkanes) is 2. The molecule has 0 unspecified atom stereocenters. The Bertz CT molecular complexity index is 1290. The Hall–Kier alpha value is -3.48. The summed E-state index contributed by atoms with van der Waals surface area (Å²) in [5.74, 6) is -1.12. The number of hydrogen-bond acceptors (Lipinski definition) is 3. The third-order valence-corrected chi connectivity index (χ3v) is 5.96. The van der Waals surface area contributed by atoms with Crippen molar-refractivity contribution in [3.63, 3.8) is 0 Å². The number of alkyl halides is 2. The minimum absolute atomic E-state index is 0.334. The van der Waals surface area contributed by atoms with Crippen molar-refractivity contribution in [2.45, 2.75) is 52.1 Å². The van der Waals surface area contributed by atoms with Crippen LogP contribution in [0.25, 0.3) is 22.2 Å². The van der Waals surface area contributed by atoms with Gasteiger partial charge < -0.3 is 4.74 Å². The summed E-state index contributed by atoms with van der Waals surface area (Å²) in [6, 6.07) is 12.7. The van der Waals surface area contributed by atoms with Gasteiger partial charge in [-0.15, -0.1) is 0 Å². The van der Waals surface area contributed by atoms with Crippen molar-refractivity contribution in [2.75, 3.05) is 0 Å². The van der Waals surface area contributed by atoms with E-state index in [1.54, 1.807) is 18.2 Å². The highest BCUT2D eigenvalue weighted by atomic mass is 19.3. The lowest BCUT2D eigenvalue weighted by molar-refractivity contribution is -0.0522. The highest BCUT2D eigenvalue weighted by Gasteiger charge is 2.13. The molecule has 0 amide bonds. The smallest absolute Gasteiger partial charge is 0.387 e. The zero-order valence-electron chi connectivity index (χ0n) is 19.4. The maximum atomic E-state index is 15.2. The van der Waals surface area contributed by atoms with E-state index < -0.39 is 18.2 Å². The van der Waals surface area contributed by atoms with Gasteiger partial charge in [0.1, 0.15) is 5.82 Å². The monoisotopic (exact) mass is 482 g/mol. The Labute approximate surface area is 201 Å². The summed E-state index contributed by atoms with van der Waals surface area (Å²) >= 11 is 0. The highest BCUT2D eigenvalue weighted by molar-refractivity contribution is 5.87. The van der Waals surface area contributed by atoms with Crippen molar-refractivity contribution in [2.24, 2.45) is 0 Å². The summed E-state index contributed by atoms with van der Waals surface area (Å²) in [4.78, 5) is 8.96. The van der Waals surface area contributed by atoms with Crippen molar-refractivity contribution in [3.8, 4) is 17.1 Å². The first-order valence-electron chi connectivity index (χ1n) is 11.7. The molecule has 4 rings (SSSR count). The topological polar surface area (TPSA) is 35.0 Å². The molecule has 0 saturated heterocycles. The maximum Gasteiger partial charge on any atom is 0.387 e. The normalized spacial score (nSPS) is 11.4. The van der Waals surface area contributed by atoms with Gasteiger partial charge in [-0.1, -0.05) is 50.1 Å². The van der Waals surface area contributed by atoms with Crippen molar-refractivity contribution >= 4 is 10.8 Å². The van der Waals surface area contributed by atoms with E-state index in [1.165, 1.54) is 18.9 Å². The Morgan fingerprint density at radius 3 is 2.34 bits per heavy atom. The van der Waals surface area contributed by atoms with E-state index in [-0.39, 0.29) is 5.82 Å². The molecular formula is C28H26F4N2O. The van der Waals surface area contributed by atoms with E-state index >= 15 is 4.39 Å². The van der Waals surface area contributed by atoms with Crippen LogP contribution >= 0.6 is 0 Å². The first-order valence-corrected chi connectivity index (χ1v) is 11.7. The first kappa shape index (κ1) is 24.6. The fourth-order valence-electron chi connectivity index (χ4n) is 4.05. The van der Waals surface area contributed by atoms with Gasteiger partial charge in [0.15, 0.2) is 17.4 Å². The molecule has 3 nitrogen and oxygen atoms in total. The molecule has 0 radical (unpaired) electrons. The molecule has 0 saturated carbocycles. The molecule has 1 heterocycles. The van der Waals surface area contributed by atoms with Crippen LogP contribution in [-0.4, -0.2) is 16.6 Å². The molecule has 1 aromatic heterocycles. The largest absolute Gasteiger partial charge is 0.432 e. The van der Waals surface area contributed by atoms with Crippen LogP contribution in [0, 0.1) is 11.6 Å². The number of hydrogen-bond donors (Lipinski definition) is 0. The van der Waals surface area contributed by atoms with Gasteiger partial charge in [0.2, 0.25) is 0 Å². The zero-order valence-corrected chi connectivity index (χ0v) is 19.4. The molecule has 0 aliphatic heterocycles. The highest BCUT2D eigenvalue weighted by Crippen LogP contribution is 2.27. The van der Waals surface area contributed by atoms with Crippen LogP contribution < -0.4 is 4.74 Å². The second kappa shape index (κ2) is 11.3. The summed E-state index contributed by atoms with van der Waals surface area (Å²) in [5, 5.41) is 1.22. The summed E-state index contributed by atoms with van der Waals surface area (Å²) in [5.41, 5.74) is 2.97. The van der Waals surface area contributed by atoms with Gasteiger partial charge in [0, 0.05) is 23.3 Å². The molecule has 0 spiro atoms. The van der Waals surface area contributed by atoms with Gasteiger partial charge in [0.05, 0.1) is 0 Å². The molecule has 0 N–H and O–H groups in total. The number of benzene rings is 3. The summed E-state index contributed by atoms with van der Waals surface area (Å²) in [6.45, 7) is -0.925. The van der Waals surface area contributed by atoms with Crippen LogP contribution in [0.1, 0.15) is 42.9 Å². The van der Waals surface area contributed by atoms with E-state index in [4.69, 9.17) is 0 Å². The van der Waals surface area contributed by atoms with E-state index in [0.717, 1.165) is 41.5 Å². The summed E-state index contributed by atoms with van der Waals surface area (Å²) < 4.78 is 57.8.